The number of isothiocyanates is 1. The van der Waals surface area contributed by atoms with Gasteiger partial charge < -0.3 is 14.2 Å². The SMILES string of the molecule is S=C=Nc1ccc(N(c2ccccc2)c2ccc(N(c3ccccc3)c3ccc4oc5ccccc5c4c3)cc2)cc1. The minimum absolute atomic E-state index is 0.776. The zero-order chi connectivity index (χ0) is 28.3. The van der Waals surface area contributed by atoms with E-state index in [0.29, 0.717) is 0 Å². The summed E-state index contributed by atoms with van der Waals surface area (Å²) in [4.78, 5) is 8.61. The van der Waals surface area contributed by atoms with Crippen molar-refractivity contribution in [2.45, 2.75) is 0 Å². The molecule has 1 heterocycles. The number of hydrogen-bond acceptors (Lipinski definition) is 5. The second kappa shape index (κ2) is 11.2. The van der Waals surface area contributed by atoms with Gasteiger partial charge in [0, 0.05) is 44.9 Å². The molecule has 0 saturated carbocycles. The van der Waals surface area contributed by atoms with E-state index in [2.05, 4.69) is 111 Å². The molecule has 0 atom stereocenters. The Morgan fingerprint density at radius 3 is 1.50 bits per heavy atom. The third-order valence-electron chi connectivity index (χ3n) is 7.30. The van der Waals surface area contributed by atoms with Gasteiger partial charge in [-0.25, -0.2) is 0 Å². The fourth-order valence-corrected chi connectivity index (χ4v) is 5.49. The number of nitrogens with zero attached hydrogens (tertiary/aromatic N) is 3. The first-order valence-electron chi connectivity index (χ1n) is 13.7. The van der Waals surface area contributed by atoms with Crippen molar-refractivity contribution in [2.24, 2.45) is 4.99 Å². The van der Waals surface area contributed by atoms with Gasteiger partial charge in [0.05, 0.1) is 10.8 Å². The summed E-state index contributed by atoms with van der Waals surface area (Å²) >= 11 is 4.78. The van der Waals surface area contributed by atoms with Crippen molar-refractivity contribution in [3.8, 4) is 0 Å². The van der Waals surface area contributed by atoms with E-state index in [1.807, 2.05) is 60.7 Å². The summed E-state index contributed by atoms with van der Waals surface area (Å²) in [6.07, 6.45) is 0. The molecule has 7 aromatic rings. The number of furan rings is 1. The second-order valence-corrected chi connectivity index (χ2v) is 10.0. The van der Waals surface area contributed by atoms with Gasteiger partial charge in [-0.3, -0.25) is 0 Å². The van der Waals surface area contributed by atoms with Crippen molar-refractivity contribution in [3.05, 3.63) is 152 Å². The predicted octanol–water partition coefficient (Wildman–Crippen LogP) is 11.3. The first kappa shape index (κ1) is 25.5. The largest absolute Gasteiger partial charge is 0.456 e. The molecular weight excluding hydrogens is 534 g/mol. The summed E-state index contributed by atoms with van der Waals surface area (Å²) in [5, 5.41) is 4.65. The van der Waals surface area contributed by atoms with Crippen LogP contribution in [0.4, 0.5) is 39.8 Å². The number of para-hydroxylation sites is 3. The lowest BCUT2D eigenvalue weighted by atomic mass is 10.1. The smallest absolute Gasteiger partial charge is 0.135 e. The van der Waals surface area contributed by atoms with E-state index in [9.17, 15) is 0 Å². The van der Waals surface area contributed by atoms with Crippen molar-refractivity contribution >= 4 is 79.1 Å². The van der Waals surface area contributed by atoms with Crippen molar-refractivity contribution in [2.75, 3.05) is 9.80 Å². The predicted molar refractivity (Wildman–Crippen MR) is 178 cm³/mol. The van der Waals surface area contributed by atoms with Crippen LogP contribution in [-0.2, 0) is 0 Å². The maximum Gasteiger partial charge on any atom is 0.135 e. The van der Waals surface area contributed by atoms with E-state index >= 15 is 0 Å². The molecular formula is C37H25N3OS. The summed E-state index contributed by atoms with van der Waals surface area (Å²) in [5.41, 5.74) is 8.86. The summed E-state index contributed by atoms with van der Waals surface area (Å²) in [6.45, 7) is 0. The van der Waals surface area contributed by atoms with Gasteiger partial charge in [0.1, 0.15) is 11.2 Å². The molecule has 4 nitrogen and oxygen atoms in total. The Bertz CT molecular complexity index is 2030. The zero-order valence-corrected chi connectivity index (χ0v) is 23.4. The average Bonchev–Trinajstić information content (AvgIpc) is 3.42. The minimum Gasteiger partial charge on any atom is -0.456 e. The van der Waals surface area contributed by atoms with Gasteiger partial charge in [-0.05, 0) is 109 Å². The van der Waals surface area contributed by atoms with Gasteiger partial charge >= 0.3 is 0 Å². The summed E-state index contributed by atoms with van der Waals surface area (Å²) in [6, 6.07) is 52.0. The van der Waals surface area contributed by atoms with Gasteiger partial charge in [-0.15, -0.1) is 0 Å². The monoisotopic (exact) mass is 559 g/mol. The highest BCUT2D eigenvalue weighted by atomic mass is 32.1. The van der Waals surface area contributed by atoms with Crippen molar-refractivity contribution in [1.82, 2.24) is 0 Å². The molecule has 0 aliphatic rings. The van der Waals surface area contributed by atoms with Crippen LogP contribution in [0.15, 0.2) is 161 Å². The molecule has 6 aromatic carbocycles. The van der Waals surface area contributed by atoms with Crippen LogP contribution in [0, 0.1) is 0 Å². The summed E-state index contributed by atoms with van der Waals surface area (Å²) in [7, 11) is 0. The highest BCUT2D eigenvalue weighted by molar-refractivity contribution is 7.78. The van der Waals surface area contributed by atoms with Crippen LogP contribution >= 0.6 is 12.2 Å². The highest BCUT2D eigenvalue weighted by Gasteiger charge is 2.17. The Morgan fingerprint density at radius 2 is 0.905 bits per heavy atom. The van der Waals surface area contributed by atoms with Crippen molar-refractivity contribution in [3.63, 3.8) is 0 Å². The summed E-state index contributed by atoms with van der Waals surface area (Å²) in [5.74, 6) is 0. The van der Waals surface area contributed by atoms with Crippen LogP contribution < -0.4 is 9.80 Å². The van der Waals surface area contributed by atoms with E-state index < -0.39 is 0 Å². The summed E-state index contributed by atoms with van der Waals surface area (Å²) < 4.78 is 6.11. The Morgan fingerprint density at radius 1 is 0.452 bits per heavy atom. The molecule has 0 spiro atoms. The molecule has 0 radical (unpaired) electrons. The third kappa shape index (κ3) is 4.84. The lowest BCUT2D eigenvalue weighted by molar-refractivity contribution is 0.669. The Labute approximate surface area is 249 Å². The van der Waals surface area contributed by atoms with Crippen LogP contribution in [0.3, 0.4) is 0 Å². The van der Waals surface area contributed by atoms with Gasteiger partial charge in [-0.1, -0.05) is 54.6 Å². The van der Waals surface area contributed by atoms with Crippen molar-refractivity contribution in [1.29, 1.82) is 0 Å². The number of fused-ring (bicyclic) bond motifs is 3. The topological polar surface area (TPSA) is 32.0 Å². The lowest BCUT2D eigenvalue weighted by Gasteiger charge is -2.28. The molecule has 5 heteroatoms. The Balaban J connectivity index is 1.32. The molecule has 0 unspecified atom stereocenters. The molecule has 0 fully saturated rings. The van der Waals surface area contributed by atoms with Crippen LogP contribution in [0.2, 0.25) is 0 Å². The van der Waals surface area contributed by atoms with E-state index in [0.717, 1.165) is 61.8 Å². The molecule has 200 valence electrons. The number of benzene rings is 6. The molecule has 0 N–H and O–H groups in total. The van der Waals surface area contributed by atoms with Gasteiger partial charge in [0.15, 0.2) is 0 Å². The second-order valence-electron chi connectivity index (χ2n) is 9.86. The first-order chi connectivity index (χ1) is 20.8. The Kier molecular flexibility index (Phi) is 6.79. The first-order valence-corrected chi connectivity index (χ1v) is 14.1. The number of rotatable bonds is 7. The maximum absolute atomic E-state index is 6.11. The zero-order valence-electron chi connectivity index (χ0n) is 22.6. The molecule has 0 saturated heterocycles. The van der Waals surface area contributed by atoms with E-state index in [1.54, 1.807) is 0 Å². The molecule has 0 bridgehead atoms. The van der Waals surface area contributed by atoms with Gasteiger partial charge in [0.2, 0.25) is 0 Å². The lowest BCUT2D eigenvalue weighted by Crippen LogP contribution is -2.12. The van der Waals surface area contributed by atoms with Crippen LogP contribution in [0.1, 0.15) is 0 Å². The van der Waals surface area contributed by atoms with E-state index in [-0.39, 0.29) is 0 Å². The van der Waals surface area contributed by atoms with Crippen LogP contribution in [0.5, 0.6) is 0 Å². The van der Waals surface area contributed by atoms with E-state index in [4.69, 9.17) is 16.6 Å². The number of thiocarbonyl (C=S) groups is 1. The highest BCUT2D eigenvalue weighted by Crippen LogP contribution is 2.41. The molecule has 7 rings (SSSR count). The average molecular weight is 560 g/mol. The van der Waals surface area contributed by atoms with Crippen LogP contribution in [0.25, 0.3) is 21.9 Å². The third-order valence-corrected chi connectivity index (χ3v) is 7.39. The molecule has 0 aliphatic heterocycles. The van der Waals surface area contributed by atoms with Crippen molar-refractivity contribution < 1.29 is 4.42 Å². The minimum atomic E-state index is 0.776. The van der Waals surface area contributed by atoms with E-state index in [1.165, 1.54) is 0 Å². The molecule has 0 amide bonds. The molecule has 1 aromatic heterocycles. The van der Waals surface area contributed by atoms with Gasteiger partial charge in [-0.2, -0.15) is 4.99 Å². The quantitative estimate of drug-likeness (QED) is 0.144. The standard InChI is InChI=1S/C37H25N3OS/c42-26-38-27-15-17-30(18-16-27)39(28-9-3-1-4-10-28)31-19-21-32(22-20-31)40(29-11-5-2-6-12-29)33-23-24-37-35(25-33)34-13-7-8-14-36(34)41-37/h1-25H. The van der Waals surface area contributed by atoms with Crippen LogP contribution in [-0.4, -0.2) is 5.16 Å². The Hall–Kier alpha value is -5.48. The fourth-order valence-electron chi connectivity index (χ4n) is 5.38. The molecule has 0 aliphatic carbocycles. The maximum atomic E-state index is 6.11. The van der Waals surface area contributed by atoms with Gasteiger partial charge in [0.25, 0.3) is 0 Å². The molecule has 42 heavy (non-hydrogen) atoms. The normalized spacial score (nSPS) is 10.9. The number of anilines is 6. The fraction of sp³-hybridized carbons (Fsp3) is 0. The number of aliphatic imine (C=N–C) groups is 1. The number of hydrogen-bond donors (Lipinski definition) is 0.